The molecule has 4 aromatic carbocycles. The van der Waals surface area contributed by atoms with Crippen molar-refractivity contribution in [3.63, 3.8) is 0 Å². The molecule has 1 saturated heterocycles. The molecule has 2 fully saturated rings. The summed E-state index contributed by atoms with van der Waals surface area (Å²) in [7, 11) is 0. The maximum absolute atomic E-state index is 11.4. The van der Waals surface area contributed by atoms with E-state index in [1.165, 1.54) is 0 Å². The van der Waals surface area contributed by atoms with Crippen molar-refractivity contribution >= 4 is 6.08 Å². The molecule has 2 aliphatic rings. The van der Waals surface area contributed by atoms with Crippen LogP contribution in [-0.2, 0) is 54.9 Å². The highest BCUT2D eigenvalue weighted by atomic mass is 16.6. The Morgan fingerprint density at radius 2 is 1.09 bits per heavy atom. The van der Waals surface area contributed by atoms with Crippen molar-refractivity contribution in [2.45, 2.75) is 68.9 Å². The number of aliphatic imine (C=N–C) groups is 1. The summed E-state index contributed by atoms with van der Waals surface area (Å²) in [6.07, 6.45) is 0.154. The fourth-order valence-corrected chi connectivity index (χ4v) is 5.88. The first-order chi connectivity index (χ1) is 21.7. The molecule has 1 aliphatic heterocycles. The van der Waals surface area contributed by atoms with E-state index in [1.54, 1.807) is 6.08 Å². The highest BCUT2D eigenvalue weighted by molar-refractivity contribution is 5.38. The fraction of sp³-hybridized carbons (Fsp3) is 0.324. The molecule has 0 N–H and O–H groups in total. The normalized spacial score (nSPS) is 25.8. The summed E-state index contributed by atoms with van der Waals surface area (Å²) < 4.78 is 33.1. The van der Waals surface area contributed by atoms with Gasteiger partial charge < -0.3 is 23.7 Å². The van der Waals surface area contributed by atoms with Gasteiger partial charge in [-0.25, -0.2) is 4.79 Å². The van der Waals surface area contributed by atoms with E-state index < -0.39 is 36.1 Å². The molecule has 44 heavy (non-hydrogen) atoms. The Balaban J connectivity index is 1.31. The molecular weight excluding hydrogens is 554 g/mol. The summed E-state index contributed by atoms with van der Waals surface area (Å²) in [5.74, 6) is 0. The lowest BCUT2D eigenvalue weighted by Crippen LogP contribution is -2.63. The first-order valence-corrected chi connectivity index (χ1v) is 15.1. The smallest absolute Gasteiger partial charge is 0.235 e. The Kier molecular flexibility index (Phi) is 10.1. The van der Waals surface area contributed by atoms with Gasteiger partial charge in [-0.05, 0) is 22.3 Å². The van der Waals surface area contributed by atoms with Gasteiger partial charge in [-0.15, -0.1) is 0 Å². The molecular formula is C37H37NO6. The summed E-state index contributed by atoms with van der Waals surface area (Å²) in [5, 5.41) is 0. The molecule has 0 radical (unpaired) electrons. The highest BCUT2D eigenvalue weighted by Crippen LogP contribution is 2.53. The van der Waals surface area contributed by atoms with Crippen LogP contribution < -0.4 is 0 Å². The Hall–Kier alpha value is -3.94. The average Bonchev–Trinajstić information content (AvgIpc) is 3.76. The van der Waals surface area contributed by atoms with Crippen LogP contribution in [0.25, 0.3) is 0 Å². The zero-order chi connectivity index (χ0) is 30.0. The van der Waals surface area contributed by atoms with Crippen molar-refractivity contribution in [2.24, 2.45) is 4.99 Å². The van der Waals surface area contributed by atoms with E-state index in [1.807, 2.05) is 121 Å². The first-order valence-electron chi connectivity index (χ1n) is 15.1. The monoisotopic (exact) mass is 591 g/mol. The van der Waals surface area contributed by atoms with E-state index in [9.17, 15) is 4.79 Å². The molecule has 7 nitrogen and oxygen atoms in total. The van der Waals surface area contributed by atoms with Gasteiger partial charge in [0.25, 0.3) is 0 Å². The molecule has 1 saturated carbocycles. The average molecular weight is 592 g/mol. The second kappa shape index (κ2) is 14.7. The van der Waals surface area contributed by atoms with E-state index in [-0.39, 0.29) is 6.61 Å². The van der Waals surface area contributed by atoms with Crippen molar-refractivity contribution in [3.05, 3.63) is 144 Å². The number of benzene rings is 4. The Labute approximate surface area is 258 Å². The van der Waals surface area contributed by atoms with Gasteiger partial charge in [0.1, 0.15) is 30.0 Å². The van der Waals surface area contributed by atoms with Crippen LogP contribution in [0.15, 0.2) is 126 Å². The molecule has 1 aliphatic carbocycles. The second-order valence-corrected chi connectivity index (χ2v) is 11.3. The molecule has 1 heterocycles. The molecule has 0 amide bonds. The van der Waals surface area contributed by atoms with Crippen molar-refractivity contribution < 1.29 is 28.5 Å². The van der Waals surface area contributed by atoms with Gasteiger partial charge in [0.15, 0.2) is 0 Å². The number of hydrogen-bond acceptors (Lipinski definition) is 7. The van der Waals surface area contributed by atoms with Gasteiger partial charge in [-0.3, -0.25) is 0 Å². The number of rotatable bonds is 14. The Morgan fingerprint density at radius 1 is 0.636 bits per heavy atom. The molecule has 6 atom stereocenters. The van der Waals surface area contributed by atoms with Crippen molar-refractivity contribution in [2.75, 3.05) is 6.61 Å². The van der Waals surface area contributed by atoms with Crippen LogP contribution in [0.1, 0.15) is 28.7 Å². The van der Waals surface area contributed by atoms with Crippen LogP contribution in [0, 0.1) is 0 Å². The van der Waals surface area contributed by atoms with Gasteiger partial charge in [-0.2, -0.15) is 4.99 Å². The fourth-order valence-electron chi connectivity index (χ4n) is 5.88. The SMILES string of the molecule is O=C=NC1C[C@]12OC(COCc1ccccc1)[C@@H](OCc1ccccc1)C(OCc1ccccc1)C2OCc1ccccc1. The molecule has 226 valence electrons. The predicted molar refractivity (Wildman–Crippen MR) is 165 cm³/mol. The van der Waals surface area contributed by atoms with Crippen LogP contribution >= 0.6 is 0 Å². The number of hydrogen-bond donors (Lipinski definition) is 0. The third kappa shape index (κ3) is 7.40. The van der Waals surface area contributed by atoms with E-state index in [0.29, 0.717) is 32.8 Å². The lowest BCUT2D eigenvalue weighted by atomic mass is 9.92. The maximum atomic E-state index is 11.4. The molecule has 4 unspecified atom stereocenters. The first kappa shape index (κ1) is 30.1. The minimum Gasteiger partial charge on any atom is -0.374 e. The number of carbonyl (C=O) groups excluding carboxylic acids is 1. The molecule has 1 spiro atoms. The van der Waals surface area contributed by atoms with Gasteiger partial charge in [0.05, 0.1) is 39.1 Å². The lowest BCUT2D eigenvalue weighted by Gasteiger charge is -2.47. The van der Waals surface area contributed by atoms with Crippen LogP contribution in [0.5, 0.6) is 0 Å². The third-order valence-electron chi connectivity index (χ3n) is 8.20. The topological polar surface area (TPSA) is 75.6 Å². The van der Waals surface area contributed by atoms with Crippen LogP contribution in [-0.4, -0.2) is 48.7 Å². The standard InChI is InChI=1S/C37H37NO6/c39-27-38-33-21-37(33)36(43-25-31-19-11-4-12-20-31)35(42-24-30-17-9-3-10-18-30)34(41-23-29-15-7-2-8-16-29)32(44-37)26-40-22-28-13-5-1-6-14-28/h1-20,32-36H,21-26H2/t32?,33?,34-,35?,36?,37+/m1/s1. The van der Waals surface area contributed by atoms with Crippen molar-refractivity contribution in [3.8, 4) is 0 Å². The van der Waals surface area contributed by atoms with Crippen molar-refractivity contribution in [1.29, 1.82) is 0 Å². The van der Waals surface area contributed by atoms with Gasteiger partial charge in [0, 0.05) is 6.42 Å². The summed E-state index contributed by atoms with van der Waals surface area (Å²) in [6, 6.07) is 39.7. The summed E-state index contributed by atoms with van der Waals surface area (Å²) >= 11 is 0. The molecule has 4 aromatic rings. The van der Waals surface area contributed by atoms with E-state index in [0.717, 1.165) is 22.3 Å². The minimum absolute atomic E-state index is 0.268. The summed E-state index contributed by atoms with van der Waals surface area (Å²) in [4.78, 5) is 15.5. The predicted octanol–water partition coefficient (Wildman–Crippen LogP) is 6.21. The summed E-state index contributed by atoms with van der Waals surface area (Å²) in [6.45, 7) is 1.77. The third-order valence-corrected chi connectivity index (χ3v) is 8.20. The zero-order valence-corrected chi connectivity index (χ0v) is 24.6. The Bertz CT molecular complexity index is 1480. The molecule has 0 aromatic heterocycles. The lowest BCUT2D eigenvalue weighted by molar-refractivity contribution is -0.282. The van der Waals surface area contributed by atoms with Gasteiger partial charge in [0.2, 0.25) is 6.08 Å². The minimum atomic E-state index is -0.860. The van der Waals surface area contributed by atoms with E-state index in [2.05, 4.69) is 4.99 Å². The van der Waals surface area contributed by atoms with Crippen LogP contribution in [0.4, 0.5) is 0 Å². The number of ether oxygens (including phenoxy) is 5. The van der Waals surface area contributed by atoms with Crippen molar-refractivity contribution in [1.82, 2.24) is 0 Å². The van der Waals surface area contributed by atoms with Crippen LogP contribution in [0.2, 0.25) is 0 Å². The number of isocyanates is 1. The summed E-state index contributed by atoms with van der Waals surface area (Å²) in [5.41, 5.74) is 3.30. The van der Waals surface area contributed by atoms with E-state index >= 15 is 0 Å². The molecule has 7 heteroatoms. The molecule has 0 bridgehead atoms. The van der Waals surface area contributed by atoms with Gasteiger partial charge >= 0.3 is 0 Å². The van der Waals surface area contributed by atoms with Gasteiger partial charge in [-0.1, -0.05) is 121 Å². The zero-order valence-electron chi connectivity index (χ0n) is 24.6. The largest absolute Gasteiger partial charge is 0.374 e. The second-order valence-electron chi connectivity index (χ2n) is 11.3. The van der Waals surface area contributed by atoms with E-state index in [4.69, 9.17) is 23.7 Å². The highest BCUT2D eigenvalue weighted by Gasteiger charge is 2.69. The quantitative estimate of drug-likeness (QED) is 0.128. The van der Waals surface area contributed by atoms with Crippen LogP contribution in [0.3, 0.4) is 0 Å². The maximum Gasteiger partial charge on any atom is 0.235 e. The Morgan fingerprint density at radius 3 is 1.59 bits per heavy atom. The number of nitrogens with zero attached hydrogens (tertiary/aromatic N) is 1. The molecule has 6 rings (SSSR count).